The Labute approximate surface area is 126 Å². The van der Waals surface area contributed by atoms with Gasteiger partial charge in [-0.25, -0.2) is 4.39 Å². The average Bonchev–Trinajstić information content (AvgIpc) is 2.42. The van der Waals surface area contributed by atoms with Crippen LogP contribution in [0.15, 0.2) is 18.2 Å². The molecule has 104 valence electrons. The highest BCUT2D eigenvalue weighted by molar-refractivity contribution is 14.1. The molecule has 1 saturated heterocycles. The summed E-state index contributed by atoms with van der Waals surface area (Å²) in [7, 11) is 0. The summed E-state index contributed by atoms with van der Waals surface area (Å²) in [4.78, 5) is 12.5. The predicted octanol–water partition coefficient (Wildman–Crippen LogP) is 3.15. The molecule has 0 radical (unpaired) electrons. The number of nitrogens with one attached hydrogen (secondary N) is 2. The number of halogens is 2. The number of benzene rings is 1. The van der Waals surface area contributed by atoms with Gasteiger partial charge in [0, 0.05) is 10.1 Å². The van der Waals surface area contributed by atoms with E-state index in [4.69, 9.17) is 0 Å². The first-order chi connectivity index (χ1) is 9.07. The van der Waals surface area contributed by atoms with E-state index < -0.39 is 0 Å². The van der Waals surface area contributed by atoms with Gasteiger partial charge in [0.2, 0.25) is 5.91 Å². The first-order valence-corrected chi connectivity index (χ1v) is 7.62. The van der Waals surface area contributed by atoms with Crippen molar-refractivity contribution in [1.29, 1.82) is 0 Å². The number of amides is 1. The van der Waals surface area contributed by atoms with E-state index >= 15 is 0 Å². The van der Waals surface area contributed by atoms with Crippen LogP contribution in [0.3, 0.4) is 0 Å². The zero-order chi connectivity index (χ0) is 13.9. The van der Waals surface area contributed by atoms with Crippen molar-refractivity contribution in [2.75, 3.05) is 18.4 Å². The van der Waals surface area contributed by atoms with Crippen molar-refractivity contribution in [2.24, 2.45) is 5.41 Å². The van der Waals surface area contributed by atoms with Gasteiger partial charge in [0.05, 0.1) is 11.1 Å². The van der Waals surface area contributed by atoms with Crippen molar-refractivity contribution in [2.45, 2.75) is 26.2 Å². The largest absolute Gasteiger partial charge is 0.325 e. The molecule has 2 N–H and O–H groups in total. The molecule has 2 rings (SSSR count). The third kappa shape index (κ3) is 3.25. The third-order valence-electron chi connectivity index (χ3n) is 3.81. The van der Waals surface area contributed by atoms with Gasteiger partial charge in [-0.05, 0) is 66.6 Å². The molecular formula is C14H18FIN2O. The minimum Gasteiger partial charge on any atom is -0.325 e. The second-order valence-corrected chi connectivity index (χ2v) is 6.15. The van der Waals surface area contributed by atoms with Crippen molar-refractivity contribution in [3.8, 4) is 0 Å². The number of carbonyl (C=O) groups excluding carboxylic acids is 1. The van der Waals surface area contributed by atoms with Crippen molar-refractivity contribution >= 4 is 34.2 Å². The highest BCUT2D eigenvalue weighted by atomic mass is 127. The summed E-state index contributed by atoms with van der Waals surface area (Å²) in [6.45, 7) is 3.73. The fraction of sp³-hybridized carbons (Fsp3) is 0.500. The Morgan fingerprint density at radius 1 is 1.58 bits per heavy atom. The molecule has 1 atom stereocenters. The number of hydrogen-bond donors (Lipinski definition) is 2. The maximum absolute atomic E-state index is 13.1. The summed E-state index contributed by atoms with van der Waals surface area (Å²) in [5, 5.41) is 6.24. The van der Waals surface area contributed by atoms with Crippen molar-refractivity contribution in [3.05, 3.63) is 27.6 Å². The van der Waals surface area contributed by atoms with E-state index in [1.807, 2.05) is 29.5 Å². The van der Waals surface area contributed by atoms with E-state index in [1.54, 1.807) is 6.07 Å². The second kappa shape index (κ2) is 6.17. The van der Waals surface area contributed by atoms with Gasteiger partial charge >= 0.3 is 0 Å². The predicted molar refractivity (Wildman–Crippen MR) is 82.6 cm³/mol. The lowest BCUT2D eigenvalue weighted by molar-refractivity contribution is -0.126. The van der Waals surface area contributed by atoms with E-state index in [9.17, 15) is 9.18 Å². The Kier molecular flexibility index (Phi) is 4.78. The van der Waals surface area contributed by atoms with Crippen LogP contribution >= 0.6 is 22.6 Å². The molecule has 0 aliphatic carbocycles. The Morgan fingerprint density at radius 2 is 2.37 bits per heavy atom. The molecule has 3 nitrogen and oxygen atoms in total. The topological polar surface area (TPSA) is 41.1 Å². The quantitative estimate of drug-likeness (QED) is 0.796. The minimum absolute atomic E-state index is 0.0340. The van der Waals surface area contributed by atoms with Crippen LogP contribution in [0, 0.1) is 14.8 Å². The number of piperidine rings is 1. The van der Waals surface area contributed by atoms with Crippen LogP contribution in [-0.2, 0) is 4.79 Å². The summed E-state index contributed by atoms with van der Waals surface area (Å²) in [6.07, 6.45) is 2.73. The Hall–Kier alpha value is -0.690. The van der Waals surface area contributed by atoms with E-state index in [1.165, 1.54) is 12.1 Å². The zero-order valence-electron chi connectivity index (χ0n) is 10.9. The molecule has 0 aromatic heterocycles. The van der Waals surface area contributed by atoms with Crippen LogP contribution < -0.4 is 10.6 Å². The second-order valence-electron chi connectivity index (χ2n) is 4.99. The molecule has 1 unspecified atom stereocenters. The molecule has 1 heterocycles. The summed E-state index contributed by atoms with van der Waals surface area (Å²) >= 11 is 2.04. The molecule has 0 bridgehead atoms. The highest BCUT2D eigenvalue weighted by Crippen LogP contribution is 2.32. The lowest BCUT2D eigenvalue weighted by Crippen LogP contribution is -2.47. The maximum atomic E-state index is 13.1. The normalized spacial score (nSPS) is 23.1. The van der Waals surface area contributed by atoms with Crippen molar-refractivity contribution in [3.63, 3.8) is 0 Å². The van der Waals surface area contributed by atoms with E-state index in [0.29, 0.717) is 12.2 Å². The smallest absolute Gasteiger partial charge is 0.231 e. The average molecular weight is 376 g/mol. The van der Waals surface area contributed by atoms with Gasteiger partial charge in [0.15, 0.2) is 0 Å². The molecular weight excluding hydrogens is 358 g/mol. The van der Waals surface area contributed by atoms with Crippen LogP contribution in [0.2, 0.25) is 0 Å². The van der Waals surface area contributed by atoms with Gasteiger partial charge in [-0.3, -0.25) is 4.79 Å². The number of anilines is 1. The lowest BCUT2D eigenvalue weighted by Gasteiger charge is -2.35. The lowest BCUT2D eigenvalue weighted by atomic mass is 9.77. The molecule has 1 fully saturated rings. The molecule has 0 saturated carbocycles. The van der Waals surface area contributed by atoms with E-state index in [0.717, 1.165) is 29.4 Å². The maximum Gasteiger partial charge on any atom is 0.231 e. The summed E-state index contributed by atoms with van der Waals surface area (Å²) in [5.41, 5.74) is 0.348. The number of rotatable bonds is 3. The third-order valence-corrected chi connectivity index (χ3v) is 4.70. The Morgan fingerprint density at radius 3 is 2.95 bits per heavy atom. The molecule has 0 spiro atoms. The molecule has 1 aromatic carbocycles. The monoisotopic (exact) mass is 376 g/mol. The van der Waals surface area contributed by atoms with Crippen molar-refractivity contribution < 1.29 is 9.18 Å². The Bertz CT molecular complexity index is 473. The summed E-state index contributed by atoms with van der Waals surface area (Å²) in [6, 6.07) is 4.41. The van der Waals surface area contributed by atoms with Crippen LogP contribution in [-0.4, -0.2) is 19.0 Å². The molecule has 19 heavy (non-hydrogen) atoms. The van der Waals surface area contributed by atoms with Crippen LogP contribution in [0.25, 0.3) is 0 Å². The minimum atomic E-state index is -0.338. The van der Waals surface area contributed by atoms with Gasteiger partial charge < -0.3 is 10.6 Å². The SMILES string of the molecule is CCC1(C(=O)Nc2ccc(F)cc2I)CCCNC1. The van der Waals surface area contributed by atoms with E-state index in [2.05, 4.69) is 10.6 Å². The fourth-order valence-electron chi connectivity index (χ4n) is 2.47. The van der Waals surface area contributed by atoms with Crippen LogP contribution in [0.1, 0.15) is 26.2 Å². The fourth-order valence-corrected chi connectivity index (χ4v) is 3.08. The first kappa shape index (κ1) is 14.7. The molecule has 5 heteroatoms. The summed E-state index contributed by atoms with van der Waals surface area (Å²) in [5.74, 6) is -0.251. The van der Waals surface area contributed by atoms with Gasteiger partial charge in [-0.2, -0.15) is 0 Å². The first-order valence-electron chi connectivity index (χ1n) is 6.54. The number of hydrogen-bond acceptors (Lipinski definition) is 2. The van der Waals surface area contributed by atoms with Crippen molar-refractivity contribution in [1.82, 2.24) is 5.32 Å². The Balaban J connectivity index is 2.15. The molecule has 1 amide bonds. The molecule has 1 aliphatic heterocycles. The zero-order valence-corrected chi connectivity index (χ0v) is 13.1. The molecule has 1 aliphatic rings. The van der Waals surface area contributed by atoms with Gasteiger partial charge in [0.1, 0.15) is 5.82 Å². The van der Waals surface area contributed by atoms with Gasteiger partial charge in [-0.1, -0.05) is 6.92 Å². The van der Waals surface area contributed by atoms with Gasteiger partial charge in [0.25, 0.3) is 0 Å². The number of carbonyl (C=O) groups is 1. The molecule has 1 aromatic rings. The van der Waals surface area contributed by atoms with Crippen LogP contribution in [0.4, 0.5) is 10.1 Å². The van der Waals surface area contributed by atoms with Gasteiger partial charge in [-0.15, -0.1) is 0 Å². The van der Waals surface area contributed by atoms with E-state index in [-0.39, 0.29) is 17.1 Å². The highest BCUT2D eigenvalue weighted by Gasteiger charge is 2.37. The standard InChI is InChI=1S/C14H18FIN2O/c1-2-14(6-3-7-17-9-14)13(19)18-12-5-4-10(15)8-11(12)16/h4-5,8,17H,2-3,6-7,9H2,1H3,(H,18,19). The summed E-state index contributed by atoms with van der Waals surface area (Å²) < 4.78 is 13.8. The van der Waals surface area contributed by atoms with Crippen LogP contribution in [0.5, 0.6) is 0 Å².